The van der Waals surface area contributed by atoms with Gasteiger partial charge in [-0.25, -0.2) is 9.97 Å². The van der Waals surface area contributed by atoms with Crippen molar-refractivity contribution in [3.05, 3.63) is 32.6 Å². The van der Waals surface area contributed by atoms with Gasteiger partial charge in [0.25, 0.3) is 0 Å². The molecule has 0 aromatic carbocycles. The van der Waals surface area contributed by atoms with Crippen LogP contribution in [0.3, 0.4) is 0 Å². The van der Waals surface area contributed by atoms with Gasteiger partial charge in [-0.1, -0.05) is 0 Å². The van der Waals surface area contributed by atoms with Gasteiger partial charge in [-0.15, -0.1) is 11.3 Å². The highest BCUT2D eigenvalue weighted by atomic mass is 32.1. The number of aliphatic hydroxyl groups excluding tert-OH is 1. The quantitative estimate of drug-likeness (QED) is 0.832. The fourth-order valence-electron chi connectivity index (χ4n) is 1.70. The summed E-state index contributed by atoms with van der Waals surface area (Å²) in [5.74, 6) is 0.473. The predicted molar refractivity (Wildman–Crippen MR) is 74.2 cm³/mol. The number of thiazole rings is 1. The van der Waals surface area contributed by atoms with Crippen LogP contribution in [-0.4, -0.2) is 26.2 Å². The monoisotopic (exact) mass is 282 g/mol. The van der Waals surface area contributed by atoms with E-state index < -0.39 is 0 Å². The van der Waals surface area contributed by atoms with Gasteiger partial charge in [-0.2, -0.15) is 0 Å². The zero-order valence-electron chi connectivity index (χ0n) is 9.96. The normalized spacial score (nSPS) is 10.8. The van der Waals surface area contributed by atoms with E-state index in [-0.39, 0.29) is 6.61 Å². The van der Waals surface area contributed by atoms with Crippen LogP contribution in [-0.2, 0) is 13.0 Å². The molecule has 0 aliphatic rings. The third-order valence-electron chi connectivity index (χ3n) is 2.73. The number of aliphatic hydroxyl groups is 1. The summed E-state index contributed by atoms with van der Waals surface area (Å²) in [5.41, 5.74) is 7.72. The SMILES string of the molecule is Cc1c(CCO)sc(=S)n1Cc1cncnc1N. The first-order valence-corrected chi connectivity index (χ1v) is 6.70. The summed E-state index contributed by atoms with van der Waals surface area (Å²) >= 11 is 6.86. The Bertz CT molecular complexity index is 605. The Hall–Kier alpha value is -1.31. The summed E-state index contributed by atoms with van der Waals surface area (Å²) in [6, 6.07) is 0. The van der Waals surface area contributed by atoms with Crippen molar-refractivity contribution < 1.29 is 5.11 Å². The van der Waals surface area contributed by atoms with E-state index in [0.717, 1.165) is 20.1 Å². The lowest BCUT2D eigenvalue weighted by Gasteiger charge is -2.07. The molecule has 0 radical (unpaired) electrons. The highest BCUT2D eigenvalue weighted by Crippen LogP contribution is 2.21. The third-order valence-corrected chi connectivity index (χ3v) is 4.34. The maximum absolute atomic E-state index is 9.00. The molecule has 2 heterocycles. The van der Waals surface area contributed by atoms with Crippen molar-refractivity contribution in [1.82, 2.24) is 14.5 Å². The molecule has 2 rings (SSSR count). The largest absolute Gasteiger partial charge is 0.396 e. The lowest BCUT2D eigenvalue weighted by molar-refractivity contribution is 0.300. The smallest absolute Gasteiger partial charge is 0.161 e. The zero-order valence-corrected chi connectivity index (χ0v) is 11.6. The van der Waals surface area contributed by atoms with Gasteiger partial charge in [-0.05, 0) is 19.1 Å². The first kappa shape index (κ1) is 13.1. The van der Waals surface area contributed by atoms with E-state index in [1.54, 1.807) is 6.20 Å². The van der Waals surface area contributed by atoms with E-state index in [1.165, 1.54) is 17.7 Å². The summed E-state index contributed by atoms with van der Waals surface area (Å²) in [6.07, 6.45) is 3.76. The summed E-state index contributed by atoms with van der Waals surface area (Å²) in [7, 11) is 0. The molecule has 0 saturated carbocycles. The molecule has 18 heavy (non-hydrogen) atoms. The summed E-state index contributed by atoms with van der Waals surface area (Å²) in [4.78, 5) is 9.04. The lowest BCUT2D eigenvalue weighted by atomic mass is 10.2. The number of nitrogens with two attached hydrogens (primary N) is 1. The van der Waals surface area contributed by atoms with Crippen LogP contribution in [0.2, 0.25) is 0 Å². The van der Waals surface area contributed by atoms with Crippen LogP contribution >= 0.6 is 23.6 Å². The second-order valence-electron chi connectivity index (χ2n) is 3.87. The average Bonchev–Trinajstić information content (AvgIpc) is 2.60. The molecule has 2 aromatic heterocycles. The van der Waals surface area contributed by atoms with Gasteiger partial charge in [0.1, 0.15) is 12.1 Å². The minimum Gasteiger partial charge on any atom is -0.396 e. The number of rotatable bonds is 4. The maximum atomic E-state index is 9.00. The highest BCUT2D eigenvalue weighted by molar-refractivity contribution is 7.73. The third kappa shape index (κ3) is 2.58. The second kappa shape index (κ2) is 5.55. The molecule has 0 amide bonds. The standard InChI is InChI=1S/C11H14N4OS2/c1-7-9(2-3-16)18-11(17)15(7)5-8-4-13-6-14-10(8)12/h4,6,16H,2-3,5H2,1H3,(H2,12,13,14). The Kier molecular flexibility index (Phi) is 4.05. The van der Waals surface area contributed by atoms with Crippen LogP contribution in [0.1, 0.15) is 16.1 Å². The van der Waals surface area contributed by atoms with E-state index in [4.69, 9.17) is 23.1 Å². The van der Waals surface area contributed by atoms with Crippen LogP contribution < -0.4 is 5.73 Å². The minimum atomic E-state index is 0.132. The Balaban J connectivity index is 2.35. The van der Waals surface area contributed by atoms with E-state index in [9.17, 15) is 0 Å². The fourth-order valence-corrected chi connectivity index (χ4v) is 3.18. The molecule has 0 bridgehead atoms. The van der Waals surface area contributed by atoms with Crippen LogP contribution in [0.5, 0.6) is 0 Å². The molecule has 0 unspecified atom stereocenters. The van der Waals surface area contributed by atoms with Crippen molar-refractivity contribution in [1.29, 1.82) is 0 Å². The molecule has 0 aliphatic heterocycles. The first-order chi connectivity index (χ1) is 8.63. The minimum absolute atomic E-state index is 0.132. The molecule has 2 aromatic rings. The van der Waals surface area contributed by atoms with Gasteiger partial charge in [0, 0.05) is 35.4 Å². The summed E-state index contributed by atoms with van der Waals surface area (Å²) < 4.78 is 2.78. The first-order valence-electron chi connectivity index (χ1n) is 5.47. The van der Waals surface area contributed by atoms with Gasteiger partial charge in [0.05, 0.1) is 6.54 Å². The molecule has 7 heteroatoms. The average molecular weight is 282 g/mol. The van der Waals surface area contributed by atoms with Crippen LogP contribution in [0.25, 0.3) is 0 Å². The number of nitrogens with zero attached hydrogens (tertiary/aromatic N) is 3. The van der Waals surface area contributed by atoms with Gasteiger partial charge >= 0.3 is 0 Å². The van der Waals surface area contributed by atoms with Gasteiger partial charge in [0.2, 0.25) is 0 Å². The zero-order chi connectivity index (χ0) is 13.1. The van der Waals surface area contributed by atoms with Gasteiger partial charge < -0.3 is 15.4 Å². The molecule has 0 atom stereocenters. The van der Waals surface area contributed by atoms with Gasteiger partial charge in [-0.3, -0.25) is 0 Å². The molecule has 96 valence electrons. The van der Waals surface area contributed by atoms with Crippen molar-refractivity contribution in [3.63, 3.8) is 0 Å². The number of hydrogen-bond donors (Lipinski definition) is 2. The second-order valence-corrected chi connectivity index (χ2v) is 5.60. The number of nitrogen functional groups attached to an aromatic ring is 1. The summed E-state index contributed by atoms with van der Waals surface area (Å²) in [6.45, 7) is 2.70. The topological polar surface area (TPSA) is 77.0 Å². The van der Waals surface area contributed by atoms with E-state index in [1.807, 2.05) is 11.5 Å². The number of hydrogen-bond acceptors (Lipinski definition) is 6. The Morgan fingerprint density at radius 1 is 1.56 bits per heavy atom. The highest BCUT2D eigenvalue weighted by Gasteiger charge is 2.10. The molecule has 5 nitrogen and oxygen atoms in total. The van der Waals surface area contributed by atoms with Gasteiger partial charge in [0.15, 0.2) is 3.95 Å². The molecular weight excluding hydrogens is 268 g/mol. The van der Waals surface area contributed by atoms with E-state index >= 15 is 0 Å². The van der Waals surface area contributed by atoms with Crippen molar-refractivity contribution in [2.24, 2.45) is 0 Å². The molecule has 0 spiro atoms. The Morgan fingerprint density at radius 3 is 3.00 bits per heavy atom. The lowest BCUT2D eigenvalue weighted by Crippen LogP contribution is -2.07. The Morgan fingerprint density at radius 2 is 2.33 bits per heavy atom. The number of aromatic nitrogens is 3. The molecule has 0 fully saturated rings. The van der Waals surface area contributed by atoms with E-state index in [2.05, 4.69) is 9.97 Å². The van der Waals surface area contributed by atoms with Crippen molar-refractivity contribution >= 4 is 29.4 Å². The Labute approximate surface area is 114 Å². The molecule has 3 N–H and O–H groups in total. The maximum Gasteiger partial charge on any atom is 0.161 e. The van der Waals surface area contributed by atoms with Crippen molar-refractivity contribution in [2.75, 3.05) is 12.3 Å². The van der Waals surface area contributed by atoms with Crippen LogP contribution in [0.15, 0.2) is 12.5 Å². The molecular formula is C11H14N4OS2. The van der Waals surface area contributed by atoms with E-state index in [0.29, 0.717) is 18.8 Å². The van der Waals surface area contributed by atoms with Crippen LogP contribution in [0, 0.1) is 10.9 Å². The molecule has 0 saturated heterocycles. The molecule has 0 aliphatic carbocycles. The fraction of sp³-hybridized carbons (Fsp3) is 0.364. The van der Waals surface area contributed by atoms with Crippen LogP contribution in [0.4, 0.5) is 5.82 Å². The summed E-state index contributed by atoms with van der Waals surface area (Å²) in [5, 5.41) is 9.00. The van der Waals surface area contributed by atoms with Crippen molar-refractivity contribution in [2.45, 2.75) is 19.9 Å². The predicted octanol–water partition coefficient (Wildman–Crippen LogP) is 1.54. The van der Waals surface area contributed by atoms with Crippen molar-refractivity contribution in [3.8, 4) is 0 Å². The number of anilines is 1.